The van der Waals surface area contributed by atoms with E-state index in [1.165, 1.54) is 12.3 Å². The lowest BCUT2D eigenvalue weighted by Gasteiger charge is -2.15. The van der Waals surface area contributed by atoms with Gasteiger partial charge in [0.1, 0.15) is 11.9 Å². The molecule has 0 fully saturated rings. The van der Waals surface area contributed by atoms with Crippen molar-refractivity contribution in [2.75, 3.05) is 11.5 Å². The molecule has 1 aromatic carbocycles. The van der Waals surface area contributed by atoms with Crippen LogP contribution in [-0.2, 0) is 9.05 Å². The molecule has 5 N–H and O–H groups in total. The molecule has 0 aliphatic heterocycles. The van der Waals surface area contributed by atoms with Crippen LogP contribution in [0.5, 0.6) is 11.5 Å². The lowest BCUT2D eigenvalue weighted by atomic mass is 10.0. The molecule has 7 nitrogen and oxygen atoms in total. The second kappa shape index (κ2) is 6.65. The molecule has 1 heterocycles. The number of nitrogens with two attached hydrogens (primary N) is 2. The molecule has 0 unspecified atom stereocenters. The lowest BCUT2D eigenvalue weighted by Crippen LogP contribution is -2.14. The Labute approximate surface area is 152 Å². The number of halogens is 2. The number of hydrogen-bond acceptors (Lipinski definition) is 6. The summed E-state index contributed by atoms with van der Waals surface area (Å²) >= 11 is 1.92. The zero-order valence-corrected chi connectivity index (χ0v) is 16.0. The van der Waals surface area contributed by atoms with Crippen LogP contribution in [-0.4, -0.2) is 13.4 Å². The molecular formula is C13H15ClIN4O3S+. The molecule has 0 radical (unpaired) electrons. The maximum atomic E-state index is 11.7. The predicted octanol–water partition coefficient (Wildman–Crippen LogP) is 2.51. The minimum absolute atomic E-state index is 0.0230. The quantitative estimate of drug-likeness (QED) is 0.524. The first-order valence-corrected chi connectivity index (χ1v) is 9.88. The average molecular weight is 470 g/mol. The second-order valence-corrected chi connectivity index (χ2v) is 8.75. The van der Waals surface area contributed by atoms with E-state index >= 15 is 0 Å². The second-order valence-electron chi connectivity index (χ2n) is 5.05. The van der Waals surface area contributed by atoms with E-state index in [-0.39, 0.29) is 28.3 Å². The van der Waals surface area contributed by atoms with Crippen molar-refractivity contribution in [2.24, 2.45) is 0 Å². The molecular weight excluding hydrogens is 455 g/mol. The van der Waals surface area contributed by atoms with Gasteiger partial charge in [0.05, 0.1) is 4.90 Å². The molecule has 0 amide bonds. The van der Waals surface area contributed by atoms with E-state index in [9.17, 15) is 8.42 Å². The number of rotatable bonds is 4. The van der Waals surface area contributed by atoms with Gasteiger partial charge in [0, 0.05) is 20.3 Å². The first-order chi connectivity index (χ1) is 10.6. The summed E-state index contributed by atoms with van der Waals surface area (Å²) in [6.07, 6.45) is 1.45. The SMILES string of the molecule is CC(C)c1cc(I)c(S(=O)(=O)Cl)cc1Oc1c[nH+]c(N)nc1N. The number of nitrogen functional groups attached to an aromatic ring is 2. The number of hydrogen-bond donors (Lipinski definition) is 2. The van der Waals surface area contributed by atoms with Crippen molar-refractivity contribution in [1.29, 1.82) is 0 Å². The third-order valence-corrected chi connectivity index (χ3v) is 5.63. The van der Waals surface area contributed by atoms with Crippen LogP contribution < -0.4 is 21.2 Å². The van der Waals surface area contributed by atoms with Crippen LogP contribution in [0, 0.1) is 3.57 Å². The number of benzene rings is 1. The molecule has 0 aliphatic carbocycles. The number of anilines is 2. The summed E-state index contributed by atoms with van der Waals surface area (Å²) < 4.78 is 29.7. The summed E-state index contributed by atoms with van der Waals surface area (Å²) in [5.41, 5.74) is 12.1. The van der Waals surface area contributed by atoms with E-state index in [0.29, 0.717) is 9.32 Å². The Kier molecular flexibility index (Phi) is 5.21. The molecule has 10 heteroatoms. The van der Waals surface area contributed by atoms with Crippen molar-refractivity contribution in [3.8, 4) is 11.5 Å². The highest BCUT2D eigenvalue weighted by atomic mass is 127. The zero-order chi connectivity index (χ0) is 17.4. The van der Waals surface area contributed by atoms with Gasteiger partial charge in [-0.3, -0.25) is 5.73 Å². The topological polar surface area (TPSA) is 122 Å². The highest BCUT2D eigenvalue weighted by molar-refractivity contribution is 14.1. The summed E-state index contributed by atoms with van der Waals surface area (Å²) in [5, 5.41) is 0. The van der Waals surface area contributed by atoms with Gasteiger partial charge in [-0.1, -0.05) is 13.8 Å². The van der Waals surface area contributed by atoms with Crippen molar-refractivity contribution >= 4 is 54.1 Å². The Morgan fingerprint density at radius 3 is 2.48 bits per heavy atom. The fraction of sp³-hybridized carbons (Fsp3) is 0.231. The van der Waals surface area contributed by atoms with Crippen LogP contribution in [0.15, 0.2) is 23.2 Å². The Balaban J connectivity index is 2.59. The van der Waals surface area contributed by atoms with Gasteiger partial charge in [-0.2, -0.15) is 0 Å². The van der Waals surface area contributed by atoms with Crippen molar-refractivity contribution in [3.05, 3.63) is 27.5 Å². The minimum Gasteiger partial charge on any atom is -0.448 e. The summed E-state index contributed by atoms with van der Waals surface area (Å²) in [4.78, 5) is 6.52. The molecule has 0 spiro atoms. The van der Waals surface area contributed by atoms with E-state index in [4.69, 9.17) is 26.9 Å². The van der Waals surface area contributed by atoms with Crippen LogP contribution in [0.3, 0.4) is 0 Å². The monoisotopic (exact) mass is 469 g/mol. The number of H-pyrrole nitrogens is 1. The summed E-state index contributed by atoms with van der Waals surface area (Å²) in [6, 6.07) is 3.11. The molecule has 124 valence electrons. The van der Waals surface area contributed by atoms with Crippen LogP contribution in [0.1, 0.15) is 25.3 Å². The molecule has 2 aromatic rings. The molecule has 0 saturated heterocycles. The maximum Gasteiger partial charge on any atom is 0.389 e. The normalized spacial score (nSPS) is 11.7. The van der Waals surface area contributed by atoms with Gasteiger partial charge < -0.3 is 10.5 Å². The predicted molar refractivity (Wildman–Crippen MR) is 96.0 cm³/mol. The van der Waals surface area contributed by atoms with Gasteiger partial charge in [0.25, 0.3) is 9.05 Å². The average Bonchev–Trinajstić information content (AvgIpc) is 2.41. The summed E-state index contributed by atoms with van der Waals surface area (Å²) in [7, 11) is 1.58. The van der Waals surface area contributed by atoms with Crippen molar-refractivity contribution in [3.63, 3.8) is 0 Å². The molecule has 23 heavy (non-hydrogen) atoms. The Morgan fingerprint density at radius 2 is 1.96 bits per heavy atom. The molecule has 0 atom stereocenters. The molecule has 0 bridgehead atoms. The van der Waals surface area contributed by atoms with Crippen LogP contribution in [0.2, 0.25) is 0 Å². The number of ether oxygens (including phenoxy) is 1. The zero-order valence-electron chi connectivity index (χ0n) is 12.3. The minimum atomic E-state index is -3.90. The number of nitrogens with one attached hydrogen (secondary N) is 1. The Bertz CT molecular complexity index is 859. The van der Waals surface area contributed by atoms with Crippen LogP contribution in [0.25, 0.3) is 0 Å². The number of aromatic amines is 1. The Hall–Kier alpha value is -1.33. The largest absolute Gasteiger partial charge is 0.448 e. The molecule has 0 aliphatic rings. The first-order valence-electron chi connectivity index (χ1n) is 6.49. The fourth-order valence-electron chi connectivity index (χ4n) is 1.91. The van der Waals surface area contributed by atoms with Crippen LogP contribution in [0.4, 0.5) is 11.8 Å². The third-order valence-electron chi connectivity index (χ3n) is 3.01. The standard InChI is InChI=1S/C13H14ClIN4O3S/c1-6(2)7-3-8(15)11(23(14,20)21)4-9(7)22-10-5-18-13(17)19-12(10)16/h3-6H,1-2H3,(H4,16,17,18,19)/p+1. The summed E-state index contributed by atoms with van der Waals surface area (Å²) in [5.74, 6) is 0.902. The van der Waals surface area contributed by atoms with E-state index in [1.807, 2.05) is 36.4 Å². The fourth-order valence-corrected chi connectivity index (χ4v) is 4.58. The van der Waals surface area contributed by atoms with E-state index < -0.39 is 9.05 Å². The number of nitrogens with zero attached hydrogens (tertiary/aromatic N) is 1. The van der Waals surface area contributed by atoms with E-state index in [2.05, 4.69) is 9.97 Å². The van der Waals surface area contributed by atoms with Crippen LogP contribution >= 0.6 is 33.3 Å². The van der Waals surface area contributed by atoms with E-state index in [1.54, 1.807) is 6.07 Å². The smallest absolute Gasteiger partial charge is 0.389 e. The van der Waals surface area contributed by atoms with Gasteiger partial charge in [-0.25, -0.2) is 13.4 Å². The first kappa shape index (κ1) is 18.0. The van der Waals surface area contributed by atoms with Crippen molar-refractivity contribution in [1.82, 2.24) is 4.98 Å². The van der Waals surface area contributed by atoms with Gasteiger partial charge in [0.15, 0.2) is 0 Å². The Morgan fingerprint density at radius 1 is 1.30 bits per heavy atom. The molecule has 1 aromatic heterocycles. The lowest BCUT2D eigenvalue weighted by molar-refractivity contribution is -0.365. The maximum absolute atomic E-state index is 11.7. The summed E-state index contributed by atoms with van der Waals surface area (Å²) in [6.45, 7) is 3.92. The number of aromatic nitrogens is 2. The van der Waals surface area contributed by atoms with Crippen molar-refractivity contribution < 1.29 is 18.1 Å². The van der Waals surface area contributed by atoms with Gasteiger partial charge >= 0.3 is 5.95 Å². The van der Waals surface area contributed by atoms with Gasteiger partial charge in [-0.15, -0.1) is 0 Å². The molecule has 2 rings (SSSR count). The molecule has 0 saturated carbocycles. The van der Waals surface area contributed by atoms with Gasteiger partial charge in [-0.05, 0) is 45.1 Å². The highest BCUT2D eigenvalue weighted by Crippen LogP contribution is 2.37. The van der Waals surface area contributed by atoms with Crippen molar-refractivity contribution in [2.45, 2.75) is 24.7 Å². The third kappa shape index (κ3) is 4.15. The highest BCUT2D eigenvalue weighted by Gasteiger charge is 2.21. The van der Waals surface area contributed by atoms with E-state index in [0.717, 1.165) is 5.56 Å². The van der Waals surface area contributed by atoms with Gasteiger partial charge in [0.2, 0.25) is 11.6 Å².